The van der Waals surface area contributed by atoms with Crippen molar-refractivity contribution in [1.82, 2.24) is 5.01 Å². The van der Waals surface area contributed by atoms with Crippen molar-refractivity contribution in [2.24, 2.45) is 10.8 Å². The summed E-state index contributed by atoms with van der Waals surface area (Å²) < 4.78 is 11.5. The number of nitrogens with two attached hydrogens (primary N) is 1. The van der Waals surface area contributed by atoms with Gasteiger partial charge in [0, 0.05) is 5.69 Å². The van der Waals surface area contributed by atoms with Gasteiger partial charge in [-0.1, -0.05) is 58.4 Å². The molecule has 1 fully saturated rings. The van der Waals surface area contributed by atoms with E-state index in [1.807, 2.05) is 12.1 Å². The summed E-state index contributed by atoms with van der Waals surface area (Å²) in [6.07, 6.45) is 2.17. The van der Waals surface area contributed by atoms with Crippen LogP contribution in [0.3, 0.4) is 0 Å². The SMILES string of the molecule is CCCCOc1ccc(N(Cc2ccc(C(C)(C)C)cc2)/C(N)=N/N2C(C)COCC2C)cc1. The molecule has 1 aliphatic rings. The smallest absolute Gasteiger partial charge is 0.218 e. The standard InChI is InChI=1S/C28H42N4O2/c1-7-8-17-34-26-15-13-25(14-16-26)31(18-23-9-11-24(12-10-23)28(4,5)6)27(29)30-32-21(2)19-33-20-22(32)3/h9-16,21-22H,7-8,17-20H2,1-6H3,(H2,29,30). The Morgan fingerprint density at radius 2 is 1.68 bits per heavy atom. The molecule has 2 atom stereocenters. The van der Waals surface area contributed by atoms with Crippen molar-refractivity contribution in [1.29, 1.82) is 0 Å². The molecule has 0 aromatic heterocycles. The highest BCUT2D eigenvalue weighted by molar-refractivity contribution is 5.94. The quantitative estimate of drug-likeness (QED) is 0.316. The molecule has 0 aliphatic carbocycles. The molecule has 6 heteroatoms. The van der Waals surface area contributed by atoms with Gasteiger partial charge in [0.05, 0.1) is 38.4 Å². The second-order valence-corrected chi connectivity index (χ2v) is 10.3. The Hall–Kier alpha value is -2.73. The Bertz CT molecular complexity index is 909. The average Bonchev–Trinajstić information content (AvgIpc) is 2.80. The lowest BCUT2D eigenvalue weighted by Crippen LogP contribution is -2.49. The van der Waals surface area contributed by atoms with Crippen molar-refractivity contribution in [2.45, 2.75) is 78.4 Å². The molecule has 0 saturated carbocycles. The van der Waals surface area contributed by atoms with Crippen molar-refractivity contribution >= 4 is 11.6 Å². The normalized spacial score (nSPS) is 19.2. The molecule has 2 aromatic rings. The van der Waals surface area contributed by atoms with Gasteiger partial charge in [-0.3, -0.25) is 5.01 Å². The second kappa shape index (κ2) is 11.6. The fourth-order valence-electron chi connectivity index (χ4n) is 4.02. The molecular formula is C28H42N4O2. The van der Waals surface area contributed by atoms with Crippen LogP contribution in [0.4, 0.5) is 5.69 Å². The van der Waals surface area contributed by atoms with E-state index in [1.165, 1.54) is 11.1 Å². The maximum Gasteiger partial charge on any atom is 0.218 e. The maximum absolute atomic E-state index is 6.65. The Morgan fingerprint density at radius 1 is 1.06 bits per heavy atom. The van der Waals surface area contributed by atoms with E-state index >= 15 is 0 Å². The lowest BCUT2D eigenvalue weighted by atomic mass is 9.87. The minimum absolute atomic E-state index is 0.120. The van der Waals surface area contributed by atoms with Crippen LogP contribution < -0.4 is 15.4 Å². The number of hydrazone groups is 1. The summed E-state index contributed by atoms with van der Waals surface area (Å²) in [5.41, 5.74) is 10.2. The number of benzene rings is 2. The molecule has 2 unspecified atom stereocenters. The molecule has 1 aliphatic heterocycles. The van der Waals surface area contributed by atoms with Crippen molar-refractivity contribution in [3.05, 3.63) is 59.7 Å². The number of hydrogen-bond acceptors (Lipinski definition) is 4. The summed E-state index contributed by atoms with van der Waals surface area (Å²) in [7, 11) is 0. The zero-order valence-corrected chi connectivity index (χ0v) is 21.8. The van der Waals surface area contributed by atoms with E-state index in [4.69, 9.17) is 20.3 Å². The van der Waals surface area contributed by atoms with Gasteiger partial charge < -0.3 is 20.1 Å². The molecule has 34 heavy (non-hydrogen) atoms. The van der Waals surface area contributed by atoms with Crippen molar-refractivity contribution in [3.8, 4) is 5.75 Å². The van der Waals surface area contributed by atoms with Crippen LogP contribution in [0.15, 0.2) is 53.6 Å². The molecule has 2 aromatic carbocycles. The maximum atomic E-state index is 6.65. The van der Waals surface area contributed by atoms with Crippen molar-refractivity contribution in [2.75, 3.05) is 24.7 Å². The molecule has 0 bridgehead atoms. The van der Waals surface area contributed by atoms with Gasteiger partial charge in [-0.2, -0.15) is 0 Å². The zero-order valence-electron chi connectivity index (χ0n) is 21.8. The van der Waals surface area contributed by atoms with Crippen LogP contribution >= 0.6 is 0 Å². The third-order valence-corrected chi connectivity index (χ3v) is 6.19. The number of guanidine groups is 1. The average molecular weight is 467 g/mol. The van der Waals surface area contributed by atoms with Crippen LogP contribution in [0.25, 0.3) is 0 Å². The minimum atomic E-state index is 0.120. The van der Waals surface area contributed by atoms with E-state index in [9.17, 15) is 0 Å². The molecule has 0 amide bonds. The number of nitrogens with zero attached hydrogens (tertiary/aromatic N) is 3. The number of hydrogen-bond donors (Lipinski definition) is 1. The van der Waals surface area contributed by atoms with E-state index in [0.717, 1.165) is 30.9 Å². The monoisotopic (exact) mass is 466 g/mol. The summed E-state index contributed by atoms with van der Waals surface area (Å²) in [6, 6.07) is 17.2. The van der Waals surface area contributed by atoms with Gasteiger partial charge in [0.15, 0.2) is 0 Å². The van der Waals surface area contributed by atoms with Gasteiger partial charge in [-0.05, 0) is 61.1 Å². The van der Waals surface area contributed by atoms with E-state index < -0.39 is 0 Å². The molecule has 6 nitrogen and oxygen atoms in total. The molecule has 186 valence electrons. The first-order valence-corrected chi connectivity index (χ1v) is 12.5. The van der Waals surface area contributed by atoms with Crippen LogP contribution in [0.5, 0.6) is 5.75 Å². The Morgan fingerprint density at radius 3 is 2.24 bits per heavy atom. The molecule has 1 saturated heterocycles. The third kappa shape index (κ3) is 6.89. The number of unbranched alkanes of at least 4 members (excludes halogenated alkanes) is 1. The van der Waals surface area contributed by atoms with E-state index in [0.29, 0.717) is 25.7 Å². The summed E-state index contributed by atoms with van der Waals surface area (Å²) in [5, 5.41) is 6.92. The molecule has 0 radical (unpaired) electrons. The molecule has 3 rings (SSSR count). The highest BCUT2D eigenvalue weighted by Gasteiger charge is 2.25. The van der Waals surface area contributed by atoms with Gasteiger partial charge in [0.1, 0.15) is 5.75 Å². The highest BCUT2D eigenvalue weighted by Crippen LogP contribution is 2.25. The van der Waals surface area contributed by atoms with E-state index in [1.54, 1.807) is 0 Å². The van der Waals surface area contributed by atoms with Crippen LogP contribution in [0.1, 0.15) is 65.5 Å². The number of ether oxygens (including phenoxy) is 2. The summed E-state index contributed by atoms with van der Waals surface area (Å²) >= 11 is 0. The third-order valence-electron chi connectivity index (χ3n) is 6.19. The summed E-state index contributed by atoms with van der Waals surface area (Å²) in [6.45, 7) is 15.7. The van der Waals surface area contributed by atoms with Crippen LogP contribution in [0, 0.1) is 0 Å². The number of rotatable bonds is 8. The van der Waals surface area contributed by atoms with Crippen LogP contribution in [0.2, 0.25) is 0 Å². The van der Waals surface area contributed by atoms with Crippen molar-refractivity contribution < 1.29 is 9.47 Å². The Balaban J connectivity index is 1.87. The fraction of sp³-hybridized carbons (Fsp3) is 0.536. The summed E-state index contributed by atoms with van der Waals surface area (Å²) in [4.78, 5) is 2.07. The first-order valence-electron chi connectivity index (χ1n) is 12.5. The number of morpholine rings is 1. The van der Waals surface area contributed by atoms with Crippen molar-refractivity contribution in [3.63, 3.8) is 0 Å². The zero-order chi connectivity index (χ0) is 24.7. The van der Waals surface area contributed by atoms with E-state index in [-0.39, 0.29) is 17.5 Å². The molecule has 1 heterocycles. The minimum Gasteiger partial charge on any atom is -0.494 e. The first kappa shape index (κ1) is 25.9. The predicted molar refractivity (Wildman–Crippen MR) is 141 cm³/mol. The topological polar surface area (TPSA) is 63.3 Å². The van der Waals surface area contributed by atoms with Gasteiger partial charge in [-0.25, -0.2) is 0 Å². The van der Waals surface area contributed by atoms with Crippen LogP contribution in [-0.2, 0) is 16.7 Å². The fourth-order valence-corrected chi connectivity index (χ4v) is 4.02. The Kier molecular flexibility index (Phi) is 8.84. The molecule has 2 N–H and O–H groups in total. The predicted octanol–water partition coefficient (Wildman–Crippen LogP) is 5.51. The molecular weight excluding hydrogens is 424 g/mol. The molecule has 0 spiro atoms. The lowest BCUT2D eigenvalue weighted by Gasteiger charge is -2.37. The largest absolute Gasteiger partial charge is 0.494 e. The van der Waals surface area contributed by atoms with Gasteiger partial charge in [0.2, 0.25) is 5.96 Å². The van der Waals surface area contributed by atoms with Gasteiger partial charge in [-0.15, -0.1) is 5.10 Å². The van der Waals surface area contributed by atoms with Crippen LogP contribution in [-0.4, -0.2) is 42.9 Å². The lowest BCUT2D eigenvalue weighted by molar-refractivity contribution is -0.0356. The van der Waals surface area contributed by atoms with E-state index in [2.05, 4.69) is 87.8 Å². The van der Waals surface area contributed by atoms with Gasteiger partial charge >= 0.3 is 0 Å². The second-order valence-electron chi connectivity index (χ2n) is 10.3. The van der Waals surface area contributed by atoms with Gasteiger partial charge in [0.25, 0.3) is 0 Å². The number of anilines is 1. The Labute approximate surface area is 205 Å². The summed E-state index contributed by atoms with van der Waals surface area (Å²) in [5.74, 6) is 1.35. The first-order chi connectivity index (χ1) is 16.2. The highest BCUT2D eigenvalue weighted by atomic mass is 16.5.